The summed E-state index contributed by atoms with van der Waals surface area (Å²) in [4.78, 5) is 13.3. The van der Waals surface area contributed by atoms with Crippen molar-refractivity contribution >= 4 is 23.7 Å². The van der Waals surface area contributed by atoms with Gasteiger partial charge in [0.15, 0.2) is 5.16 Å². The van der Waals surface area contributed by atoms with Crippen LogP contribution in [0.25, 0.3) is 0 Å². The summed E-state index contributed by atoms with van der Waals surface area (Å²) in [5.74, 6) is 1.38. The number of aliphatic imine (C=N–C) groups is 1. The van der Waals surface area contributed by atoms with Gasteiger partial charge in [-0.25, -0.2) is 9.97 Å². The van der Waals surface area contributed by atoms with Gasteiger partial charge in [-0.2, -0.15) is 0 Å². The number of hydrogen-bond donors (Lipinski definition) is 1. The molecule has 0 spiro atoms. The fourth-order valence-corrected chi connectivity index (χ4v) is 2.32. The lowest BCUT2D eigenvalue weighted by atomic mass is 10.2. The van der Waals surface area contributed by atoms with Crippen LogP contribution in [0.2, 0.25) is 0 Å². The topological polar surface area (TPSA) is 82.6 Å². The van der Waals surface area contributed by atoms with E-state index in [0.717, 1.165) is 22.1 Å². The zero-order chi connectivity index (χ0) is 16.7. The van der Waals surface area contributed by atoms with Gasteiger partial charge in [-0.3, -0.25) is 4.99 Å². The summed E-state index contributed by atoms with van der Waals surface area (Å²) < 4.78 is 10.5. The molecule has 0 saturated carbocycles. The second-order valence-corrected chi connectivity index (χ2v) is 5.40. The van der Waals surface area contributed by atoms with Crippen molar-refractivity contribution < 1.29 is 9.47 Å². The molecule has 6 nitrogen and oxygen atoms in total. The fraction of sp³-hybridized carbons (Fsp3) is 0.312. The predicted octanol–water partition coefficient (Wildman–Crippen LogP) is 2.47. The molecule has 0 unspecified atom stereocenters. The molecule has 0 aliphatic rings. The molecule has 0 aliphatic heterocycles. The first-order chi connectivity index (χ1) is 11.2. The molecule has 0 aliphatic carbocycles. The molecule has 0 atom stereocenters. The van der Waals surface area contributed by atoms with E-state index in [1.807, 2.05) is 18.4 Å². The normalized spacial score (nSPS) is 11.0. The minimum Gasteiger partial charge on any atom is -0.497 e. The van der Waals surface area contributed by atoms with E-state index in [1.54, 1.807) is 32.7 Å². The van der Waals surface area contributed by atoms with Crippen molar-refractivity contribution in [1.82, 2.24) is 9.97 Å². The van der Waals surface area contributed by atoms with Crippen molar-refractivity contribution in [3.05, 3.63) is 35.7 Å². The van der Waals surface area contributed by atoms with E-state index in [1.165, 1.54) is 11.8 Å². The van der Waals surface area contributed by atoms with E-state index in [9.17, 15) is 0 Å². The molecule has 1 aromatic carbocycles. The molecule has 0 fully saturated rings. The van der Waals surface area contributed by atoms with Crippen LogP contribution in [0, 0.1) is 0 Å². The summed E-state index contributed by atoms with van der Waals surface area (Å²) in [6.45, 7) is 0.526. The average molecular weight is 332 g/mol. The van der Waals surface area contributed by atoms with Crippen LogP contribution in [0.3, 0.4) is 0 Å². The number of methoxy groups -OCH3 is 2. The molecular weight excluding hydrogens is 312 g/mol. The second kappa shape index (κ2) is 8.50. The highest BCUT2D eigenvalue weighted by Crippen LogP contribution is 2.27. The standard InChI is InChI=1S/C16H20N4O2S/c1-21-13-6-12(7-14(8-13)22-2)18-9-11-10-19-16(23-3)20-15(11)4-5-17/h6-10H,4-5,17H2,1-3H3. The smallest absolute Gasteiger partial charge is 0.187 e. The first-order valence-corrected chi connectivity index (χ1v) is 8.29. The Morgan fingerprint density at radius 3 is 2.48 bits per heavy atom. The van der Waals surface area contributed by atoms with Gasteiger partial charge in [-0.15, -0.1) is 0 Å². The van der Waals surface area contributed by atoms with Gasteiger partial charge < -0.3 is 15.2 Å². The zero-order valence-electron chi connectivity index (χ0n) is 13.4. The number of rotatable bonds is 7. The quantitative estimate of drug-likeness (QED) is 0.476. The highest BCUT2D eigenvalue weighted by molar-refractivity contribution is 7.98. The van der Waals surface area contributed by atoms with Gasteiger partial charge >= 0.3 is 0 Å². The highest BCUT2D eigenvalue weighted by atomic mass is 32.2. The fourth-order valence-electron chi connectivity index (χ4n) is 1.96. The summed E-state index contributed by atoms with van der Waals surface area (Å²) in [7, 11) is 3.22. The molecule has 1 aromatic heterocycles. The van der Waals surface area contributed by atoms with Gasteiger partial charge in [0.1, 0.15) is 11.5 Å². The molecule has 122 valence electrons. The van der Waals surface area contributed by atoms with Crippen LogP contribution in [0.4, 0.5) is 5.69 Å². The van der Waals surface area contributed by atoms with Crippen LogP contribution in [-0.2, 0) is 6.42 Å². The molecule has 1 heterocycles. The maximum absolute atomic E-state index is 5.66. The first kappa shape index (κ1) is 17.2. The maximum atomic E-state index is 5.66. The Morgan fingerprint density at radius 2 is 1.91 bits per heavy atom. The van der Waals surface area contributed by atoms with Crippen molar-refractivity contribution in [3.63, 3.8) is 0 Å². The van der Waals surface area contributed by atoms with E-state index in [0.29, 0.717) is 24.5 Å². The number of nitrogens with two attached hydrogens (primary N) is 1. The van der Waals surface area contributed by atoms with Crippen molar-refractivity contribution in [2.75, 3.05) is 27.0 Å². The molecule has 0 bridgehead atoms. The molecule has 2 aromatic rings. The summed E-state index contributed by atoms with van der Waals surface area (Å²) in [6, 6.07) is 5.47. The predicted molar refractivity (Wildman–Crippen MR) is 93.4 cm³/mol. The Morgan fingerprint density at radius 1 is 1.22 bits per heavy atom. The monoisotopic (exact) mass is 332 g/mol. The van der Waals surface area contributed by atoms with Gasteiger partial charge in [0.2, 0.25) is 0 Å². The van der Waals surface area contributed by atoms with Crippen molar-refractivity contribution in [2.24, 2.45) is 10.7 Å². The van der Waals surface area contributed by atoms with Crippen LogP contribution in [0.15, 0.2) is 34.5 Å². The van der Waals surface area contributed by atoms with Crippen LogP contribution in [-0.4, -0.2) is 43.2 Å². The number of benzene rings is 1. The third-order valence-electron chi connectivity index (χ3n) is 3.13. The van der Waals surface area contributed by atoms with E-state index >= 15 is 0 Å². The van der Waals surface area contributed by atoms with Crippen molar-refractivity contribution in [1.29, 1.82) is 0 Å². The summed E-state index contributed by atoms with van der Waals surface area (Å²) in [6.07, 6.45) is 6.13. The summed E-state index contributed by atoms with van der Waals surface area (Å²) >= 11 is 1.50. The molecule has 0 amide bonds. The third-order valence-corrected chi connectivity index (χ3v) is 3.69. The molecule has 2 N–H and O–H groups in total. The SMILES string of the molecule is COc1cc(N=Cc2cnc(SC)nc2CCN)cc(OC)c1. The summed E-state index contributed by atoms with van der Waals surface area (Å²) in [5, 5.41) is 0.730. The van der Waals surface area contributed by atoms with Gasteiger partial charge in [-0.05, 0) is 12.8 Å². The Labute approximate surface area is 140 Å². The van der Waals surface area contributed by atoms with Crippen LogP contribution < -0.4 is 15.2 Å². The molecule has 7 heteroatoms. The van der Waals surface area contributed by atoms with Crippen molar-refractivity contribution in [3.8, 4) is 11.5 Å². The molecule has 2 rings (SSSR count). The second-order valence-electron chi connectivity index (χ2n) is 4.63. The first-order valence-electron chi connectivity index (χ1n) is 7.07. The van der Waals surface area contributed by atoms with Gasteiger partial charge in [-0.1, -0.05) is 11.8 Å². The molecule has 0 radical (unpaired) electrons. The Kier molecular flexibility index (Phi) is 6.37. The van der Waals surface area contributed by atoms with E-state index in [-0.39, 0.29) is 0 Å². The lowest BCUT2D eigenvalue weighted by Crippen LogP contribution is -2.08. The maximum Gasteiger partial charge on any atom is 0.187 e. The number of ether oxygens (including phenoxy) is 2. The number of nitrogens with zero attached hydrogens (tertiary/aromatic N) is 3. The minimum absolute atomic E-state index is 0.526. The van der Waals surface area contributed by atoms with Gasteiger partial charge in [0.05, 0.1) is 25.6 Å². The highest BCUT2D eigenvalue weighted by Gasteiger charge is 2.05. The van der Waals surface area contributed by atoms with Crippen LogP contribution in [0.5, 0.6) is 11.5 Å². The zero-order valence-corrected chi connectivity index (χ0v) is 14.3. The van der Waals surface area contributed by atoms with Crippen LogP contribution >= 0.6 is 11.8 Å². The number of hydrogen-bond acceptors (Lipinski definition) is 7. The minimum atomic E-state index is 0.526. The van der Waals surface area contributed by atoms with E-state index in [4.69, 9.17) is 15.2 Å². The lowest BCUT2D eigenvalue weighted by Gasteiger charge is -2.06. The Hall–Kier alpha value is -2.12. The molecular formula is C16H20N4O2S. The largest absolute Gasteiger partial charge is 0.497 e. The van der Waals surface area contributed by atoms with Crippen LogP contribution in [0.1, 0.15) is 11.3 Å². The van der Waals surface area contributed by atoms with Gasteiger partial charge in [0.25, 0.3) is 0 Å². The Bertz CT molecular complexity index is 670. The molecule has 0 saturated heterocycles. The Balaban J connectivity index is 2.32. The summed E-state index contributed by atoms with van der Waals surface area (Å²) in [5.41, 5.74) is 8.14. The van der Waals surface area contributed by atoms with Crippen molar-refractivity contribution in [2.45, 2.75) is 11.6 Å². The molecule has 23 heavy (non-hydrogen) atoms. The average Bonchev–Trinajstić information content (AvgIpc) is 2.60. The third kappa shape index (κ3) is 4.67. The number of aromatic nitrogens is 2. The van der Waals surface area contributed by atoms with E-state index in [2.05, 4.69) is 15.0 Å². The number of thioether (sulfide) groups is 1. The van der Waals surface area contributed by atoms with Gasteiger partial charge in [0, 0.05) is 42.6 Å². The van der Waals surface area contributed by atoms with E-state index < -0.39 is 0 Å². The lowest BCUT2D eigenvalue weighted by molar-refractivity contribution is 0.394.